The van der Waals surface area contributed by atoms with Gasteiger partial charge >= 0.3 is 0 Å². The number of hydrogen-bond acceptors (Lipinski definition) is 2. The molecule has 1 amide bonds. The molecule has 0 aliphatic heterocycles. The van der Waals surface area contributed by atoms with Gasteiger partial charge in [-0.25, -0.2) is 0 Å². The summed E-state index contributed by atoms with van der Waals surface area (Å²) in [6.07, 6.45) is 10.3. The van der Waals surface area contributed by atoms with Gasteiger partial charge in [0.1, 0.15) is 0 Å². The maximum Gasteiger partial charge on any atom is 0.226 e. The molecular formula is C17H28N2O. The Morgan fingerprint density at radius 2 is 1.80 bits per heavy atom. The van der Waals surface area contributed by atoms with Gasteiger partial charge in [-0.05, 0) is 68.6 Å². The van der Waals surface area contributed by atoms with Crippen LogP contribution < -0.4 is 10.6 Å². The Morgan fingerprint density at radius 3 is 2.40 bits per heavy atom. The number of amides is 1. The fourth-order valence-corrected chi connectivity index (χ4v) is 5.91. The molecule has 0 aromatic heterocycles. The van der Waals surface area contributed by atoms with Crippen molar-refractivity contribution in [2.45, 2.75) is 64.3 Å². The van der Waals surface area contributed by atoms with E-state index in [1.165, 1.54) is 44.9 Å². The fraction of sp³-hybridized carbons (Fsp3) is 0.941. The molecule has 0 aromatic rings. The van der Waals surface area contributed by atoms with Crippen LogP contribution >= 0.6 is 0 Å². The lowest BCUT2D eigenvalue weighted by Crippen LogP contribution is -2.57. The van der Waals surface area contributed by atoms with Crippen molar-refractivity contribution in [3.05, 3.63) is 0 Å². The van der Waals surface area contributed by atoms with Crippen LogP contribution in [0.2, 0.25) is 0 Å². The summed E-state index contributed by atoms with van der Waals surface area (Å²) in [5.74, 6) is 2.03. The van der Waals surface area contributed by atoms with Crippen molar-refractivity contribution in [3.63, 3.8) is 0 Å². The van der Waals surface area contributed by atoms with Gasteiger partial charge in [-0.1, -0.05) is 6.92 Å². The van der Waals surface area contributed by atoms with Crippen LogP contribution in [0.4, 0.5) is 0 Å². The molecule has 3 nitrogen and oxygen atoms in total. The quantitative estimate of drug-likeness (QED) is 0.757. The lowest BCUT2D eigenvalue weighted by atomic mass is 9.44. The molecule has 4 bridgehead atoms. The standard InChI is InChI=1S/C17H28N2O/c1-16-7-12-6-13(8-16)10-17(9-12,11-16)15(20)19-5-4-18-14-2-3-14/h12-14,18H,2-11H2,1H3,(H,19,20). The van der Waals surface area contributed by atoms with Gasteiger partial charge in [0, 0.05) is 19.1 Å². The lowest BCUT2D eigenvalue weighted by molar-refractivity contribution is -0.155. The molecule has 0 spiro atoms. The van der Waals surface area contributed by atoms with Gasteiger partial charge in [-0.2, -0.15) is 0 Å². The Bertz CT molecular complexity index is 401. The van der Waals surface area contributed by atoms with E-state index < -0.39 is 0 Å². The summed E-state index contributed by atoms with van der Waals surface area (Å²) in [5, 5.41) is 6.72. The number of hydrogen-bond donors (Lipinski definition) is 2. The zero-order valence-electron chi connectivity index (χ0n) is 12.7. The topological polar surface area (TPSA) is 41.1 Å². The van der Waals surface area contributed by atoms with E-state index >= 15 is 0 Å². The number of nitrogens with one attached hydrogen (secondary N) is 2. The van der Waals surface area contributed by atoms with Crippen LogP contribution in [0.15, 0.2) is 0 Å². The summed E-state index contributed by atoms with van der Waals surface area (Å²) in [6, 6.07) is 0.741. The highest BCUT2D eigenvalue weighted by Gasteiger charge is 2.58. The molecule has 2 unspecified atom stereocenters. The molecule has 0 radical (unpaired) electrons. The summed E-state index contributed by atoms with van der Waals surface area (Å²) in [5.41, 5.74) is 0.464. The molecule has 5 saturated carbocycles. The van der Waals surface area contributed by atoms with Gasteiger partial charge < -0.3 is 10.6 Å². The van der Waals surface area contributed by atoms with E-state index in [0.29, 0.717) is 11.3 Å². The predicted octanol–water partition coefficient (Wildman–Crippen LogP) is 2.46. The first-order chi connectivity index (χ1) is 9.57. The largest absolute Gasteiger partial charge is 0.354 e. The van der Waals surface area contributed by atoms with Crippen molar-refractivity contribution in [3.8, 4) is 0 Å². The highest BCUT2D eigenvalue weighted by atomic mass is 16.2. The van der Waals surface area contributed by atoms with E-state index in [0.717, 1.165) is 37.4 Å². The Kier molecular flexibility index (Phi) is 2.93. The van der Waals surface area contributed by atoms with Crippen LogP contribution in [0.25, 0.3) is 0 Å². The smallest absolute Gasteiger partial charge is 0.226 e. The zero-order valence-corrected chi connectivity index (χ0v) is 12.7. The summed E-state index contributed by atoms with van der Waals surface area (Å²) >= 11 is 0. The molecule has 2 N–H and O–H groups in total. The molecule has 0 aromatic carbocycles. The van der Waals surface area contributed by atoms with Crippen LogP contribution in [-0.4, -0.2) is 25.0 Å². The maximum absolute atomic E-state index is 12.8. The molecule has 5 fully saturated rings. The Balaban J connectivity index is 1.37. The minimum atomic E-state index is -0.00157. The second-order valence-electron chi connectivity index (χ2n) is 8.54. The van der Waals surface area contributed by atoms with E-state index in [4.69, 9.17) is 0 Å². The highest BCUT2D eigenvalue weighted by molar-refractivity contribution is 5.83. The van der Waals surface area contributed by atoms with Gasteiger partial charge in [0.25, 0.3) is 0 Å². The second-order valence-corrected chi connectivity index (χ2v) is 8.54. The van der Waals surface area contributed by atoms with Gasteiger partial charge in [0.05, 0.1) is 5.41 Å². The molecule has 2 atom stereocenters. The minimum absolute atomic E-state index is 0.00157. The molecule has 3 heteroatoms. The van der Waals surface area contributed by atoms with Gasteiger partial charge in [-0.3, -0.25) is 4.79 Å². The third-order valence-electron chi connectivity index (χ3n) is 6.26. The number of carbonyl (C=O) groups is 1. The third-order valence-corrected chi connectivity index (χ3v) is 6.26. The summed E-state index contributed by atoms with van der Waals surface area (Å²) < 4.78 is 0. The predicted molar refractivity (Wildman–Crippen MR) is 79.3 cm³/mol. The van der Waals surface area contributed by atoms with Crippen LogP contribution in [0.1, 0.15) is 58.3 Å². The Hall–Kier alpha value is -0.570. The van der Waals surface area contributed by atoms with E-state index in [1.807, 2.05) is 0 Å². The molecule has 5 aliphatic rings. The van der Waals surface area contributed by atoms with Crippen molar-refractivity contribution in [1.82, 2.24) is 10.6 Å². The Labute approximate surface area is 122 Å². The minimum Gasteiger partial charge on any atom is -0.354 e. The van der Waals surface area contributed by atoms with E-state index in [9.17, 15) is 4.79 Å². The first-order valence-corrected chi connectivity index (χ1v) is 8.59. The van der Waals surface area contributed by atoms with Crippen LogP contribution in [0.3, 0.4) is 0 Å². The van der Waals surface area contributed by atoms with Crippen LogP contribution in [0, 0.1) is 22.7 Å². The molecule has 5 rings (SSSR count). The van der Waals surface area contributed by atoms with Crippen molar-refractivity contribution < 1.29 is 4.79 Å². The summed E-state index contributed by atoms with van der Waals surface area (Å²) in [7, 11) is 0. The van der Waals surface area contributed by atoms with Gasteiger partial charge in [-0.15, -0.1) is 0 Å². The van der Waals surface area contributed by atoms with E-state index in [1.54, 1.807) is 0 Å². The molecular weight excluding hydrogens is 248 g/mol. The normalized spacial score (nSPS) is 45.6. The highest BCUT2D eigenvalue weighted by Crippen LogP contribution is 2.65. The molecule has 0 saturated heterocycles. The lowest BCUT2D eigenvalue weighted by Gasteiger charge is -2.60. The summed E-state index contributed by atoms with van der Waals surface area (Å²) in [6.45, 7) is 4.18. The molecule has 0 heterocycles. The van der Waals surface area contributed by atoms with Crippen molar-refractivity contribution in [2.24, 2.45) is 22.7 Å². The van der Waals surface area contributed by atoms with Gasteiger partial charge in [0.2, 0.25) is 5.91 Å². The third kappa shape index (κ3) is 2.28. The monoisotopic (exact) mass is 276 g/mol. The van der Waals surface area contributed by atoms with Crippen molar-refractivity contribution in [2.75, 3.05) is 13.1 Å². The zero-order chi connectivity index (χ0) is 13.8. The first kappa shape index (κ1) is 13.1. The van der Waals surface area contributed by atoms with Crippen molar-refractivity contribution >= 4 is 5.91 Å². The molecule has 112 valence electrons. The fourth-order valence-electron chi connectivity index (χ4n) is 5.91. The van der Waals surface area contributed by atoms with E-state index in [2.05, 4.69) is 17.6 Å². The van der Waals surface area contributed by atoms with E-state index in [-0.39, 0.29) is 5.41 Å². The second kappa shape index (κ2) is 4.46. The average Bonchev–Trinajstić information content (AvgIpc) is 3.15. The first-order valence-electron chi connectivity index (χ1n) is 8.59. The summed E-state index contributed by atoms with van der Waals surface area (Å²) in [4.78, 5) is 12.8. The van der Waals surface area contributed by atoms with Gasteiger partial charge in [0.15, 0.2) is 0 Å². The van der Waals surface area contributed by atoms with Crippen LogP contribution in [-0.2, 0) is 4.79 Å². The number of carbonyl (C=O) groups excluding carboxylic acids is 1. The molecule has 5 aliphatic carbocycles. The van der Waals surface area contributed by atoms with Crippen LogP contribution in [0.5, 0.6) is 0 Å². The Morgan fingerprint density at radius 1 is 1.10 bits per heavy atom. The molecule has 20 heavy (non-hydrogen) atoms. The maximum atomic E-state index is 12.8. The van der Waals surface area contributed by atoms with Crippen molar-refractivity contribution in [1.29, 1.82) is 0 Å². The SMILES string of the molecule is CC12CC3CC(C1)CC(C(=O)NCCNC1CC1)(C3)C2. The average molecular weight is 276 g/mol. The number of rotatable bonds is 5.